The van der Waals surface area contributed by atoms with Crippen LogP contribution in [0, 0.1) is 0 Å². The van der Waals surface area contributed by atoms with Crippen molar-refractivity contribution < 1.29 is 23.9 Å². The van der Waals surface area contributed by atoms with Gasteiger partial charge in [0.25, 0.3) is 0 Å². The van der Waals surface area contributed by atoms with E-state index in [1.807, 2.05) is 6.92 Å². The molecule has 1 atom stereocenters. The van der Waals surface area contributed by atoms with E-state index in [2.05, 4.69) is 31.1 Å². The maximum absolute atomic E-state index is 10.9. The van der Waals surface area contributed by atoms with Crippen molar-refractivity contribution in [3.05, 3.63) is 12.2 Å². The van der Waals surface area contributed by atoms with Crippen LogP contribution in [0.25, 0.3) is 0 Å². The lowest BCUT2D eigenvalue weighted by Crippen LogP contribution is -2.12. The Bertz CT molecular complexity index is 343. The lowest BCUT2D eigenvalue weighted by molar-refractivity contribution is -0.146. The fraction of sp³-hybridized carbons (Fsp3) is 0.571. The number of carbonyl (C=O) groups excluding carboxylic acids is 1. The highest BCUT2D eigenvalue weighted by Gasteiger charge is 2.16. The number of hydrogen-bond donors (Lipinski definition) is 3. The number of rotatable bonds is 4. The Morgan fingerprint density at radius 2 is 2.29 bits per heavy atom. The second kappa shape index (κ2) is 9.29. The van der Waals surface area contributed by atoms with Crippen LogP contribution in [-0.2, 0) is 14.1 Å². The minimum Gasteiger partial charge on any atom is -0.453 e. The van der Waals surface area contributed by atoms with Gasteiger partial charge in [-0.15, -0.1) is 0 Å². The fourth-order valence-corrected chi connectivity index (χ4v) is 1.01. The summed E-state index contributed by atoms with van der Waals surface area (Å²) in [5, 5.41) is 6.61. The summed E-state index contributed by atoms with van der Waals surface area (Å²) in [4.78, 5) is 29.2. The first kappa shape index (κ1) is 16.2. The quantitative estimate of drug-likeness (QED) is 0.418. The van der Waals surface area contributed by atoms with E-state index in [9.17, 15) is 4.79 Å². The summed E-state index contributed by atoms with van der Waals surface area (Å²) in [5.74, 6) is 0.202. The van der Waals surface area contributed by atoms with Crippen molar-refractivity contribution in [2.75, 3.05) is 5.33 Å². The van der Waals surface area contributed by atoms with Crippen molar-refractivity contribution in [2.24, 2.45) is 0 Å². The zero-order valence-corrected chi connectivity index (χ0v) is 11.5. The van der Waals surface area contributed by atoms with Crippen LogP contribution in [0.3, 0.4) is 0 Å². The van der Waals surface area contributed by atoms with E-state index >= 15 is 0 Å². The van der Waals surface area contributed by atoms with Crippen molar-refractivity contribution in [3.8, 4) is 0 Å². The molecular formula is C7H13BrN3O5P. The third-order valence-corrected chi connectivity index (χ3v) is 1.93. The van der Waals surface area contributed by atoms with Gasteiger partial charge in [-0.2, -0.15) is 5.10 Å². The van der Waals surface area contributed by atoms with Gasteiger partial charge in [0.15, 0.2) is 11.9 Å². The first-order valence-electron chi connectivity index (χ1n) is 4.54. The van der Waals surface area contributed by atoms with E-state index in [-0.39, 0.29) is 17.4 Å². The molecule has 0 aromatic carbocycles. The van der Waals surface area contributed by atoms with Crippen molar-refractivity contribution >= 4 is 30.2 Å². The van der Waals surface area contributed by atoms with Crippen LogP contribution < -0.4 is 0 Å². The van der Waals surface area contributed by atoms with E-state index in [0.717, 1.165) is 0 Å². The summed E-state index contributed by atoms with van der Waals surface area (Å²) in [6.07, 6.45) is 1.77. The average Bonchev–Trinajstić information content (AvgIpc) is 2.78. The van der Waals surface area contributed by atoms with Gasteiger partial charge in [0.2, 0.25) is 0 Å². The summed E-state index contributed by atoms with van der Waals surface area (Å²) in [5.41, 5.74) is 0. The maximum atomic E-state index is 10.9. The van der Waals surface area contributed by atoms with Gasteiger partial charge >= 0.3 is 14.2 Å². The molecule has 98 valence electrons. The molecule has 0 bridgehead atoms. The molecule has 0 aliphatic carbocycles. The largest absolute Gasteiger partial charge is 0.453 e. The van der Waals surface area contributed by atoms with Gasteiger partial charge in [0.05, 0.1) is 0 Å². The van der Waals surface area contributed by atoms with Gasteiger partial charge in [0, 0.05) is 0 Å². The van der Waals surface area contributed by atoms with Gasteiger partial charge in [-0.1, -0.05) is 22.9 Å². The van der Waals surface area contributed by atoms with Gasteiger partial charge in [-0.25, -0.2) is 4.98 Å². The minimum absolute atomic E-state index is 0.188. The number of alkyl halides is 1. The molecule has 17 heavy (non-hydrogen) atoms. The molecule has 8 nitrogen and oxygen atoms in total. The molecule has 0 spiro atoms. The van der Waals surface area contributed by atoms with Crippen LogP contribution in [0.5, 0.6) is 0 Å². The summed E-state index contributed by atoms with van der Waals surface area (Å²) >= 11 is 3.01. The predicted octanol–water partition coefficient (Wildman–Crippen LogP) is 0.555. The molecule has 10 heteroatoms. The molecule has 0 saturated heterocycles. The number of esters is 1. The topological polar surface area (TPSA) is 125 Å². The monoisotopic (exact) mass is 329 g/mol. The SMILES string of the molecule is CCC(OC(=O)CBr)c1nc[nH]n1.O=[PH](O)O. The molecule has 0 radical (unpaired) electrons. The lowest BCUT2D eigenvalue weighted by atomic mass is 10.2. The van der Waals surface area contributed by atoms with E-state index < -0.39 is 8.25 Å². The molecule has 1 rings (SSSR count). The first-order valence-corrected chi connectivity index (χ1v) is 6.96. The second-order valence-corrected chi connectivity index (χ2v) is 3.79. The fourth-order valence-electron chi connectivity index (χ4n) is 0.883. The number of nitrogens with one attached hydrogen (secondary N) is 1. The average molecular weight is 330 g/mol. The zero-order chi connectivity index (χ0) is 13.3. The third kappa shape index (κ3) is 8.03. The molecule has 1 aromatic heterocycles. The van der Waals surface area contributed by atoms with E-state index in [1.165, 1.54) is 6.33 Å². The second-order valence-electron chi connectivity index (χ2n) is 2.66. The first-order chi connectivity index (χ1) is 8.01. The predicted molar refractivity (Wildman–Crippen MR) is 62.7 cm³/mol. The zero-order valence-electron chi connectivity index (χ0n) is 8.96. The molecular weight excluding hydrogens is 317 g/mol. The molecule has 0 saturated carbocycles. The van der Waals surface area contributed by atoms with Crippen LogP contribution in [0.2, 0.25) is 0 Å². The van der Waals surface area contributed by atoms with Gasteiger partial charge in [0.1, 0.15) is 11.7 Å². The third-order valence-electron chi connectivity index (χ3n) is 1.48. The Labute approximate surface area is 106 Å². The van der Waals surface area contributed by atoms with E-state index in [0.29, 0.717) is 12.2 Å². The van der Waals surface area contributed by atoms with Crippen molar-refractivity contribution in [1.29, 1.82) is 0 Å². The van der Waals surface area contributed by atoms with Crippen molar-refractivity contribution in [2.45, 2.75) is 19.4 Å². The molecule has 3 N–H and O–H groups in total. The number of ether oxygens (including phenoxy) is 1. The maximum Gasteiger partial charge on any atom is 0.317 e. The minimum atomic E-state index is -3.13. The number of aromatic amines is 1. The molecule has 1 heterocycles. The highest BCUT2D eigenvalue weighted by Crippen LogP contribution is 2.16. The molecule has 1 aromatic rings. The standard InChI is InChI=1S/C7H10BrN3O2.H3O3P/c1-2-5(13-6(12)3-8)7-9-4-10-11-7;1-4(2)3/h4-5H,2-3H2,1H3,(H,9,10,11);4H,(H2,1,2,3). The lowest BCUT2D eigenvalue weighted by Gasteiger charge is -2.11. The molecule has 1 unspecified atom stereocenters. The van der Waals surface area contributed by atoms with Crippen LogP contribution in [-0.4, -0.2) is 36.3 Å². The normalized spacial score (nSPS) is 11.6. The summed E-state index contributed by atoms with van der Waals surface area (Å²) < 4.78 is 13.8. The van der Waals surface area contributed by atoms with Crippen LogP contribution >= 0.6 is 24.2 Å². The van der Waals surface area contributed by atoms with Gasteiger partial charge in [-0.05, 0) is 6.42 Å². The number of H-pyrrole nitrogens is 1. The number of hydrogen-bond acceptors (Lipinski definition) is 5. The Hall–Kier alpha value is -0.760. The van der Waals surface area contributed by atoms with Crippen molar-refractivity contribution in [1.82, 2.24) is 15.2 Å². The number of nitrogens with zero attached hydrogens (tertiary/aromatic N) is 2. The summed E-state index contributed by atoms with van der Waals surface area (Å²) in [6, 6.07) is 0. The van der Waals surface area contributed by atoms with E-state index in [4.69, 9.17) is 19.1 Å². The van der Waals surface area contributed by atoms with E-state index in [1.54, 1.807) is 0 Å². The van der Waals surface area contributed by atoms with Crippen LogP contribution in [0.15, 0.2) is 6.33 Å². The Morgan fingerprint density at radius 3 is 2.65 bits per heavy atom. The van der Waals surface area contributed by atoms with Gasteiger partial charge < -0.3 is 14.5 Å². The van der Waals surface area contributed by atoms with Crippen LogP contribution in [0.1, 0.15) is 25.3 Å². The number of halogens is 1. The Balaban J connectivity index is 0.000000557. The Kier molecular flexibility index (Phi) is 8.87. The smallest absolute Gasteiger partial charge is 0.317 e. The molecule has 0 fully saturated rings. The van der Waals surface area contributed by atoms with Crippen LogP contribution in [0.4, 0.5) is 0 Å². The Morgan fingerprint density at radius 1 is 1.71 bits per heavy atom. The highest BCUT2D eigenvalue weighted by molar-refractivity contribution is 9.09. The highest BCUT2D eigenvalue weighted by atomic mass is 79.9. The summed E-state index contributed by atoms with van der Waals surface area (Å²) in [7, 11) is -3.13. The molecule has 0 amide bonds. The number of aromatic nitrogens is 3. The number of carbonyl (C=O) groups is 1. The van der Waals surface area contributed by atoms with Gasteiger partial charge in [-0.3, -0.25) is 14.5 Å². The summed E-state index contributed by atoms with van der Waals surface area (Å²) in [6.45, 7) is 1.91. The molecule has 0 aliphatic heterocycles. The molecule has 0 aliphatic rings. The van der Waals surface area contributed by atoms with Crippen molar-refractivity contribution in [3.63, 3.8) is 0 Å².